The Kier molecular flexibility index (Phi) is 3.75. The molecule has 0 saturated carbocycles. The first-order chi connectivity index (χ1) is 11.3. The predicted molar refractivity (Wildman–Crippen MR) is 92.0 cm³/mol. The van der Waals surface area contributed by atoms with E-state index < -0.39 is 0 Å². The summed E-state index contributed by atoms with van der Waals surface area (Å²) in [6, 6.07) is 8.54. The molecule has 1 saturated heterocycles. The molecule has 0 radical (unpaired) electrons. The van der Waals surface area contributed by atoms with E-state index in [1.165, 1.54) is 0 Å². The van der Waals surface area contributed by atoms with Crippen molar-refractivity contribution in [2.75, 3.05) is 23.3 Å². The van der Waals surface area contributed by atoms with E-state index in [2.05, 4.69) is 48.6 Å². The molecule has 1 unspecified atom stereocenters. The van der Waals surface area contributed by atoms with Crippen LogP contribution in [0.3, 0.4) is 0 Å². The van der Waals surface area contributed by atoms with Crippen LogP contribution in [0.25, 0.3) is 10.9 Å². The van der Waals surface area contributed by atoms with Crippen molar-refractivity contribution < 1.29 is 0 Å². The molecule has 6 nitrogen and oxygen atoms in total. The summed E-state index contributed by atoms with van der Waals surface area (Å²) in [6.45, 7) is 1.89. The molecule has 0 bridgehead atoms. The van der Waals surface area contributed by atoms with Crippen LogP contribution in [0.5, 0.6) is 0 Å². The Morgan fingerprint density at radius 3 is 3.17 bits per heavy atom. The number of anilines is 2. The summed E-state index contributed by atoms with van der Waals surface area (Å²) in [5.41, 5.74) is 2.17. The van der Waals surface area contributed by atoms with Crippen LogP contribution in [0.4, 0.5) is 11.5 Å². The van der Waals surface area contributed by atoms with Crippen LogP contribution in [0.2, 0.25) is 5.28 Å². The number of hydrogen-bond donors (Lipinski definition) is 2. The van der Waals surface area contributed by atoms with E-state index in [9.17, 15) is 0 Å². The summed E-state index contributed by atoms with van der Waals surface area (Å²) in [4.78, 5) is 10.5. The average molecular weight is 329 g/mol. The molecule has 1 aliphatic rings. The van der Waals surface area contributed by atoms with Gasteiger partial charge in [0, 0.05) is 36.4 Å². The smallest absolute Gasteiger partial charge is 0.224 e. The topological polar surface area (TPSA) is 69.7 Å². The largest absolute Gasteiger partial charge is 0.381 e. The van der Waals surface area contributed by atoms with Crippen LogP contribution in [0, 0.1) is 0 Å². The molecule has 23 heavy (non-hydrogen) atoms. The van der Waals surface area contributed by atoms with Gasteiger partial charge in [-0.05, 0) is 48.7 Å². The fourth-order valence-electron chi connectivity index (χ4n) is 3.07. The van der Waals surface area contributed by atoms with Crippen LogP contribution in [0.1, 0.15) is 12.8 Å². The third kappa shape index (κ3) is 3.07. The van der Waals surface area contributed by atoms with Gasteiger partial charge >= 0.3 is 0 Å². The maximum Gasteiger partial charge on any atom is 0.224 e. The second-order valence-electron chi connectivity index (χ2n) is 5.79. The van der Waals surface area contributed by atoms with Crippen molar-refractivity contribution in [3.05, 3.63) is 41.9 Å². The summed E-state index contributed by atoms with van der Waals surface area (Å²) in [5.74, 6) is 0.891. The van der Waals surface area contributed by atoms with E-state index in [4.69, 9.17) is 11.6 Å². The Labute approximate surface area is 138 Å². The molecule has 118 valence electrons. The maximum atomic E-state index is 5.90. The van der Waals surface area contributed by atoms with Gasteiger partial charge in [-0.25, -0.2) is 9.97 Å². The third-order valence-electron chi connectivity index (χ3n) is 4.17. The molecule has 3 heterocycles. The van der Waals surface area contributed by atoms with Crippen LogP contribution in [-0.4, -0.2) is 39.3 Å². The lowest BCUT2D eigenvalue weighted by molar-refractivity contribution is 0.526. The highest BCUT2D eigenvalue weighted by molar-refractivity contribution is 6.28. The first-order valence-electron chi connectivity index (χ1n) is 7.71. The van der Waals surface area contributed by atoms with Gasteiger partial charge in [0.15, 0.2) is 0 Å². The zero-order chi connectivity index (χ0) is 15.6. The van der Waals surface area contributed by atoms with Crippen LogP contribution < -0.4 is 10.2 Å². The number of hydrogen-bond acceptors (Lipinski definition) is 5. The molecule has 1 fully saturated rings. The van der Waals surface area contributed by atoms with Gasteiger partial charge in [-0.2, -0.15) is 5.10 Å². The Morgan fingerprint density at radius 1 is 1.30 bits per heavy atom. The molecule has 2 N–H and O–H groups in total. The molecule has 4 rings (SSSR count). The molecule has 1 atom stereocenters. The van der Waals surface area contributed by atoms with Gasteiger partial charge < -0.3 is 10.2 Å². The number of fused-ring (bicyclic) bond motifs is 1. The van der Waals surface area contributed by atoms with Crippen LogP contribution >= 0.6 is 11.6 Å². The highest BCUT2D eigenvalue weighted by atomic mass is 35.5. The summed E-state index contributed by atoms with van der Waals surface area (Å²) in [5, 5.41) is 12.1. The molecular weight excluding hydrogens is 312 g/mol. The number of halogens is 1. The lowest BCUT2D eigenvalue weighted by atomic mass is 10.1. The molecule has 1 aliphatic heterocycles. The van der Waals surface area contributed by atoms with Gasteiger partial charge in [-0.15, -0.1) is 0 Å². The quantitative estimate of drug-likeness (QED) is 0.723. The molecule has 1 aromatic carbocycles. The molecular formula is C16H17ClN6. The predicted octanol–water partition coefficient (Wildman–Crippen LogP) is 3.09. The molecule has 0 amide bonds. The van der Waals surface area contributed by atoms with E-state index in [0.717, 1.165) is 48.3 Å². The average Bonchev–Trinajstić information content (AvgIpc) is 3.03. The maximum absolute atomic E-state index is 5.90. The lowest BCUT2D eigenvalue weighted by Crippen LogP contribution is -2.42. The molecule has 0 aliphatic carbocycles. The lowest BCUT2D eigenvalue weighted by Gasteiger charge is -2.34. The van der Waals surface area contributed by atoms with E-state index in [1.54, 1.807) is 6.20 Å². The molecule has 7 heteroatoms. The Balaban J connectivity index is 1.48. The number of nitrogens with zero attached hydrogens (tertiary/aromatic N) is 4. The Morgan fingerprint density at radius 2 is 2.26 bits per heavy atom. The normalized spacial score (nSPS) is 18.3. The van der Waals surface area contributed by atoms with Gasteiger partial charge in [0.25, 0.3) is 0 Å². The standard InChI is InChI=1S/C16H17ClN6/c17-16-18-6-5-15(21-16)23-7-1-2-13(10-23)20-12-3-4-14-11(8-12)9-19-22-14/h3-6,8-9,13,20H,1-2,7,10H2,(H,19,22). The minimum atomic E-state index is 0.294. The van der Waals surface area contributed by atoms with Crippen molar-refractivity contribution in [1.82, 2.24) is 20.2 Å². The van der Waals surface area contributed by atoms with Crippen molar-refractivity contribution in [2.45, 2.75) is 18.9 Å². The SMILES string of the molecule is Clc1nccc(N2CCCC(Nc3ccc4[nH]ncc4c3)C2)n1. The molecule has 0 spiro atoms. The second kappa shape index (κ2) is 6.04. The number of aromatic amines is 1. The fraction of sp³-hybridized carbons (Fsp3) is 0.312. The van der Waals surface area contributed by atoms with Gasteiger partial charge in [-0.3, -0.25) is 5.10 Å². The second-order valence-corrected chi connectivity index (χ2v) is 6.12. The number of rotatable bonds is 3. The number of benzene rings is 1. The van der Waals surface area contributed by atoms with Crippen molar-refractivity contribution >= 4 is 34.0 Å². The third-order valence-corrected chi connectivity index (χ3v) is 4.35. The van der Waals surface area contributed by atoms with Crippen LogP contribution in [-0.2, 0) is 0 Å². The van der Waals surface area contributed by atoms with Gasteiger partial charge in [0.2, 0.25) is 5.28 Å². The number of nitrogens with one attached hydrogen (secondary N) is 2. The first kappa shape index (κ1) is 14.3. The Hall–Kier alpha value is -2.34. The van der Waals surface area contributed by atoms with E-state index in [-0.39, 0.29) is 0 Å². The monoisotopic (exact) mass is 328 g/mol. The summed E-state index contributed by atoms with van der Waals surface area (Å²) in [7, 11) is 0. The van der Waals surface area contributed by atoms with E-state index >= 15 is 0 Å². The van der Waals surface area contributed by atoms with Crippen molar-refractivity contribution in [3.63, 3.8) is 0 Å². The van der Waals surface area contributed by atoms with Gasteiger partial charge in [0.1, 0.15) is 5.82 Å². The zero-order valence-corrected chi connectivity index (χ0v) is 13.3. The van der Waals surface area contributed by atoms with Crippen molar-refractivity contribution in [2.24, 2.45) is 0 Å². The van der Waals surface area contributed by atoms with E-state index in [0.29, 0.717) is 11.3 Å². The van der Waals surface area contributed by atoms with Crippen molar-refractivity contribution in [3.8, 4) is 0 Å². The van der Waals surface area contributed by atoms with Gasteiger partial charge in [-0.1, -0.05) is 0 Å². The Bertz CT molecular complexity index is 817. The summed E-state index contributed by atoms with van der Waals surface area (Å²) < 4.78 is 0. The number of piperidine rings is 1. The van der Waals surface area contributed by atoms with Crippen LogP contribution in [0.15, 0.2) is 36.7 Å². The molecule has 3 aromatic rings. The minimum Gasteiger partial charge on any atom is -0.381 e. The highest BCUT2D eigenvalue weighted by Crippen LogP contribution is 2.23. The van der Waals surface area contributed by atoms with Gasteiger partial charge in [0.05, 0.1) is 11.7 Å². The fourth-order valence-corrected chi connectivity index (χ4v) is 3.22. The number of H-pyrrole nitrogens is 1. The minimum absolute atomic E-state index is 0.294. The van der Waals surface area contributed by atoms with Crippen molar-refractivity contribution in [1.29, 1.82) is 0 Å². The summed E-state index contributed by atoms with van der Waals surface area (Å²) in [6.07, 6.45) is 5.80. The summed E-state index contributed by atoms with van der Waals surface area (Å²) >= 11 is 5.90. The number of aromatic nitrogens is 4. The highest BCUT2D eigenvalue weighted by Gasteiger charge is 2.21. The first-order valence-corrected chi connectivity index (χ1v) is 8.09. The van der Waals surface area contributed by atoms with E-state index in [1.807, 2.05) is 12.3 Å². The molecule has 2 aromatic heterocycles. The zero-order valence-electron chi connectivity index (χ0n) is 12.5.